The fourth-order valence-electron chi connectivity index (χ4n) is 4.30. The summed E-state index contributed by atoms with van der Waals surface area (Å²) in [4.78, 5) is 18.9. The first-order valence-corrected chi connectivity index (χ1v) is 16.6. The molecule has 0 aliphatic carbocycles. The SMILES string of the molecule is CSc1ccccc1CN.CSc1ccccc1CNc1nc(Cl)nc2ccn(C)c12.Cn1ccc2nc(Cl)nc(Cl)c21. The summed E-state index contributed by atoms with van der Waals surface area (Å²) in [5, 5.41) is 4.20. The van der Waals surface area contributed by atoms with Crippen LogP contribution in [0.2, 0.25) is 15.7 Å². The molecule has 3 N–H and O–H groups in total. The smallest absolute Gasteiger partial charge is 0.225 e. The van der Waals surface area contributed by atoms with Crippen molar-refractivity contribution in [3.63, 3.8) is 0 Å². The summed E-state index contributed by atoms with van der Waals surface area (Å²) in [6, 6.07) is 20.3. The van der Waals surface area contributed by atoms with Gasteiger partial charge in [0.05, 0.1) is 11.0 Å². The molecule has 6 aromatic rings. The molecule has 4 heterocycles. The van der Waals surface area contributed by atoms with Crippen LogP contribution in [0.1, 0.15) is 11.1 Å². The molecule has 0 saturated heterocycles. The predicted molar refractivity (Wildman–Crippen MR) is 184 cm³/mol. The Kier molecular flexibility index (Phi) is 12.0. The number of hydrogen-bond acceptors (Lipinski definition) is 8. The zero-order valence-corrected chi connectivity index (χ0v) is 28.0. The van der Waals surface area contributed by atoms with Crippen LogP contribution in [0.4, 0.5) is 5.82 Å². The molecule has 4 aromatic heterocycles. The van der Waals surface area contributed by atoms with Gasteiger partial charge >= 0.3 is 0 Å². The van der Waals surface area contributed by atoms with Crippen molar-refractivity contribution in [3.8, 4) is 0 Å². The van der Waals surface area contributed by atoms with Gasteiger partial charge in [0.25, 0.3) is 0 Å². The minimum absolute atomic E-state index is 0.179. The summed E-state index contributed by atoms with van der Waals surface area (Å²) < 4.78 is 3.85. The monoisotopic (exact) mass is 672 g/mol. The second kappa shape index (κ2) is 15.7. The molecule has 0 amide bonds. The molecule has 0 fully saturated rings. The second-order valence-corrected chi connectivity index (χ2v) is 11.9. The first-order chi connectivity index (χ1) is 20.7. The number of aryl methyl sites for hydroxylation is 2. The number of hydrogen-bond donors (Lipinski definition) is 2. The van der Waals surface area contributed by atoms with E-state index < -0.39 is 0 Å². The van der Waals surface area contributed by atoms with Crippen LogP contribution >= 0.6 is 58.3 Å². The molecule has 13 heteroatoms. The molecule has 0 saturated carbocycles. The van der Waals surface area contributed by atoms with Gasteiger partial charge in [0, 0.05) is 49.4 Å². The van der Waals surface area contributed by atoms with Crippen molar-refractivity contribution in [2.45, 2.75) is 22.9 Å². The van der Waals surface area contributed by atoms with E-state index in [4.69, 9.17) is 40.5 Å². The maximum atomic E-state index is 6.00. The van der Waals surface area contributed by atoms with Crippen LogP contribution in [0, 0.1) is 0 Å². The highest BCUT2D eigenvalue weighted by Crippen LogP contribution is 2.25. The Bertz CT molecular complexity index is 1800. The van der Waals surface area contributed by atoms with E-state index in [9.17, 15) is 0 Å². The number of halogens is 3. The van der Waals surface area contributed by atoms with E-state index in [0.717, 1.165) is 27.9 Å². The third kappa shape index (κ3) is 8.35. The van der Waals surface area contributed by atoms with E-state index in [2.05, 4.69) is 62.0 Å². The lowest BCUT2D eigenvalue weighted by Crippen LogP contribution is -2.05. The molecule has 0 aliphatic heterocycles. The lowest BCUT2D eigenvalue weighted by atomic mass is 10.2. The van der Waals surface area contributed by atoms with Crippen molar-refractivity contribution in [1.82, 2.24) is 29.1 Å². The molecule has 6 rings (SSSR count). The lowest BCUT2D eigenvalue weighted by Gasteiger charge is -2.11. The van der Waals surface area contributed by atoms with Crippen molar-refractivity contribution in [2.75, 3.05) is 17.8 Å². The third-order valence-electron chi connectivity index (χ3n) is 6.39. The van der Waals surface area contributed by atoms with Gasteiger partial charge in [-0.05, 0) is 71.1 Å². The number of thioether (sulfide) groups is 2. The highest BCUT2D eigenvalue weighted by atomic mass is 35.5. The summed E-state index contributed by atoms with van der Waals surface area (Å²) in [5.74, 6) is 0.758. The summed E-state index contributed by atoms with van der Waals surface area (Å²) in [6.45, 7) is 1.33. The molecule has 0 radical (unpaired) electrons. The molecule has 2 aromatic carbocycles. The van der Waals surface area contributed by atoms with Gasteiger partial charge in [0.2, 0.25) is 10.6 Å². The Morgan fingerprint density at radius 1 is 0.698 bits per heavy atom. The van der Waals surface area contributed by atoms with Gasteiger partial charge in [-0.3, -0.25) is 0 Å². The van der Waals surface area contributed by atoms with Crippen molar-refractivity contribution in [2.24, 2.45) is 19.8 Å². The van der Waals surface area contributed by atoms with Crippen LogP contribution in [-0.4, -0.2) is 41.6 Å². The molecular formula is C30H31Cl3N8S2. The highest BCUT2D eigenvalue weighted by Gasteiger charge is 2.11. The van der Waals surface area contributed by atoms with E-state index in [1.807, 2.05) is 72.0 Å². The summed E-state index contributed by atoms with van der Waals surface area (Å²) in [7, 11) is 3.85. The quantitative estimate of drug-likeness (QED) is 0.104. The largest absolute Gasteiger partial charge is 0.364 e. The highest BCUT2D eigenvalue weighted by molar-refractivity contribution is 7.98. The normalized spacial score (nSPS) is 10.7. The van der Waals surface area contributed by atoms with E-state index in [1.54, 1.807) is 23.5 Å². The summed E-state index contributed by atoms with van der Waals surface area (Å²) >= 11 is 20.9. The van der Waals surface area contributed by atoms with Gasteiger partial charge in [-0.15, -0.1) is 23.5 Å². The van der Waals surface area contributed by atoms with Crippen molar-refractivity contribution < 1.29 is 0 Å². The number of rotatable bonds is 6. The Balaban J connectivity index is 0.000000163. The number of nitrogens with one attached hydrogen (secondary N) is 1. The van der Waals surface area contributed by atoms with E-state index in [0.29, 0.717) is 18.2 Å². The van der Waals surface area contributed by atoms with E-state index in [1.165, 1.54) is 20.9 Å². The Labute approximate surface area is 274 Å². The van der Waals surface area contributed by atoms with Gasteiger partial charge < -0.3 is 20.2 Å². The molecular weight excluding hydrogens is 643 g/mol. The minimum atomic E-state index is 0.179. The topological polar surface area (TPSA) is 99.5 Å². The molecule has 0 spiro atoms. The van der Waals surface area contributed by atoms with Crippen LogP contribution in [0.15, 0.2) is 82.8 Å². The van der Waals surface area contributed by atoms with Crippen molar-refractivity contribution in [1.29, 1.82) is 0 Å². The standard InChI is InChI=1S/C15H15ClN4S.C8H11NS.C7H5Cl2N3/c1-20-8-7-11-13(20)14(19-15(16)18-11)17-9-10-5-3-4-6-12(10)21-2;1-10-8-5-3-2-4-7(8)6-9;1-12-3-2-4-5(12)6(8)11-7(9)10-4/h3-8H,9H2,1-2H3,(H,17,18,19);2-5H,6,9H2,1H3;2-3H,1H3. The molecule has 43 heavy (non-hydrogen) atoms. The number of fused-ring (bicyclic) bond motifs is 2. The van der Waals surface area contributed by atoms with Gasteiger partial charge in [0.1, 0.15) is 11.0 Å². The Morgan fingerprint density at radius 3 is 1.79 bits per heavy atom. The minimum Gasteiger partial charge on any atom is -0.364 e. The third-order valence-corrected chi connectivity index (χ3v) is 8.67. The summed E-state index contributed by atoms with van der Waals surface area (Å²) in [6.07, 6.45) is 7.96. The van der Waals surface area contributed by atoms with E-state index in [-0.39, 0.29) is 10.6 Å². The van der Waals surface area contributed by atoms with Crippen LogP contribution in [0.3, 0.4) is 0 Å². The molecule has 224 valence electrons. The molecule has 8 nitrogen and oxygen atoms in total. The number of anilines is 1. The Morgan fingerprint density at radius 2 is 1.21 bits per heavy atom. The van der Waals surface area contributed by atoms with Crippen LogP contribution in [0.5, 0.6) is 0 Å². The first kappa shape index (κ1) is 32.9. The first-order valence-electron chi connectivity index (χ1n) is 13.1. The second-order valence-electron chi connectivity index (χ2n) is 9.13. The Hall–Kier alpha value is -2.99. The zero-order chi connectivity index (χ0) is 30.9. The summed E-state index contributed by atoms with van der Waals surface area (Å²) in [5.41, 5.74) is 11.4. The maximum Gasteiger partial charge on any atom is 0.225 e. The molecule has 0 bridgehead atoms. The number of nitrogens with two attached hydrogens (primary N) is 1. The maximum absolute atomic E-state index is 6.00. The van der Waals surface area contributed by atoms with Gasteiger partial charge in [-0.25, -0.2) is 15.0 Å². The van der Waals surface area contributed by atoms with Gasteiger partial charge in [-0.1, -0.05) is 48.0 Å². The number of benzene rings is 2. The average Bonchev–Trinajstić information content (AvgIpc) is 3.58. The molecule has 0 unspecified atom stereocenters. The predicted octanol–water partition coefficient (Wildman–Crippen LogP) is 8.10. The van der Waals surface area contributed by atoms with Crippen molar-refractivity contribution >= 4 is 86.2 Å². The number of aromatic nitrogens is 6. The number of nitrogens with zero attached hydrogens (tertiary/aromatic N) is 6. The van der Waals surface area contributed by atoms with Crippen LogP contribution in [-0.2, 0) is 27.2 Å². The van der Waals surface area contributed by atoms with Crippen molar-refractivity contribution in [3.05, 3.63) is 99.9 Å². The van der Waals surface area contributed by atoms with Gasteiger partial charge in [-0.2, -0.15) is 4.98 Å². The lowest BCUT2D eigenvalue weighted by molar-refractivity contribution is 0.957. The molecule has 0 aliphatic rings. The van der Waals surface area contributed by atoms with Crippen LogP contribution in [0.25, 0.3) is 22.1 Å². The van der Waals surface area contributed by atoms with E-state index >= 15 is 0 Å². The van der Waals surface area contributed by atoms with Gasteiger partial charge in [0.15, 0.2) is 11.0 Å². The average molecular weight is 674 g/mol. The zero-order valence-electron chi connectivity index (χ0n) is 24.1. The fourth-order valence-corrected chi connectivity index (χ4v) is 6.25. The fraction of sp³-hybridized carbons (Fsp3) is 0.200. The molecule has 0 atom stereocenters. The van der Waals surface area contributed by atoms with Crippen LogP contribution < -0.4 is 11.1 Å².